The Morgan fingerprint density at radius 3 is 1.07 bits per heavy atom. The van der Waals surface area contributed by atoms with Gasteiger partial charge in [-0.05, 0) is 222 Å². The minimum absolute atomic E-state index is 0. The molecule has 13 heteroatoms. The van der Waals surface area contributed by atoms with Crippen LogP contribution in [0.1, 0.15) is 89.0 Å². The van der Waals surface area contributed by atoms with Crippen molar-refractivity contribution in [3.63, 3.8) is 0 Å². The minimum Gasteiger partial charge on any atom is -0.399 e. The molecule has 2 aliphatic heterocycles. The molecule has 0 bridgehead atoms. The summed E-state index contributed by atoms with van der Waals surface area (Å²) in [5, 5.41) is 10.0. The topological polar surface area (TPSA) is 65.9 Å². The van der Waals surface area contributed by atoms with Crippen molar-refractivity contribution in [1.29, 1.82) is 0 Å². The molecule has 0 radical (unpaired) electrons. The normalized spacial score (nSPS) is 14.3. The van der Waals surface area contributed by atoms with E-state index >= 15 is 0 Å². The Morgan fingerprint density at radius 1 is 0.311 bits per heavy atom. The second-order valence-corrected chi connectivity index (χ2v) is 34.5. The Balaban J connectivity index is 0.000000126. The van der Waals surface area contributed by atoms with Gasteiger partial charge in [-0.15, -0.1) is 0 Å². The number of fused-ring (bicyclic) bond motifs is 13. The van der Waals surface area contributed by atoms with Crippen LogP contribution in [-0.4, -0.2) is 61.2 Å². The molecule has 0 atom stereocenters. The zero-order valence-electron chi connectivity index (χ0n) is 71.7. The summed E-state index contributed by atoms with van der Waals surface area (Å²) in [6.07, 6.45) is 2.40. The summed E-state index contributed by atoms with van der Waals surface area (Å²) in [4.78, 5) is 0. The zero-order chi connectivity index (χ0) is 83.7. The van der Waals surface area contributed by atoms with Crippen molar-refractivity contribution < 1.29 is 42.1 Å². The fourth-order valence-corrected chi connectivity index (χ4v) is 16.9. The minimum atomic E-state index is -0.523. The van der Waals surface area contributed by atoms with E-state index in [1.165, 1.54) is 144 Å². The van der Waals surface area contributed by atoms with Gasteiger partial charge in [0.25, 0.3) is 0 Å². The summed E-state index contributed by atoms with van der Waals surface area (Å²) in [6.45, 7) is 26.1. The largest absolute Gasteiger partial charge is 1.00 e. The summed E-state index contributed by atoms with van der Waals surface area (Å²) in [5.41, 5.74) is 23.8. The first-order valence-electron chi connectivity index (χ1n) is 42.1. The van der Waals surface area contributed by atoms with Gasteiger partial charge in [0.2, 0.25) is 0 Å². The maximum Gasteiger partial charge on any atom is 1.00 e. The van der Waals surface area contributed by atoms with Gasteiger partial charge in [0.15, 0.2) is 0 Å². The first kappa shape index (κ1) is 84.1. The molecule has 15 aromatic carbocycles. The third kappa shape index (κ3) is 16.6. The molecular weight excluding hydrogens is 1550 g/mol. The molecule has 0 saturated carbocycles. The van der Waals surface area contributed by atoms with Gasteiger partial charge in [0.1, 0.15) is 0 Å². The van der Waals surface area contributed by atoms with Crippen LogP contribution in [0.15, 0.2) is 368 Å². The van der Waals surface area contributed by atoms with Crippen LogP contribution in [0.25, 0.3) is 154 Å². The molecule has 0 N–H and O–H groups in total. The quantitative estimate of drug-likeness (QED) is 0.0901. The number of rotatable bonds is 12. The number of unbranched alkanes of at least 4 members (excludes halogenated alkanes) is 1. The van der Waals surface area contributed by atoms with E-state index in [-0.39, 0.29) is 54.5 Å². The maximum absolute atomic E-state index is 6.34. The van der Waals surface area contributed by atoms with E-state index in [0.29, 0.717) is 0 Å². The predicted octanol–water partition coefficient (Wildman–Crippen LogP) is 25.8. The second kappa shape index (κ2) is 35.5. The molecule has 0 unspecified atom stereocenters. The average Bonchev–Trinajstić information content (AvgIpc) is 1.54. The molecule has 2 aliphatic rings. The first-order valence-corrected chi connectivity index (χ1v) is 42.9. The summed E-state index contributed by atoms with van der Waals surface area (Å²) in [5.74, 6) is 0. The summed E-state index contributed by atoms with van der Waals surface area (Å²) < 4.78 is 40.1. The molecular formula is C109H100B2BrLiN4O5. The maximum atomic E-state index is 6.34. The number of hydrogen-bond acceptors (Lipinski definition) is 5. The van der Waals surface area contributed by atoms with Crippen LogP contribution < -0.4 is 24.3 Å². The fraction of sp³-hybridized carbons (Fsp3) is 0.165. The van der Waals surface area contributed by atoms with Crippen LogP contribution in [0.5, 0.6) is 0 Å². The van der Waals surface area contributed by atoms with Crippen molar-refractivity contribution in [2.75, 3.05) is 0 Å². The molecule has 122 heavy (non-hydrogen) atoms. The number of aromatic nitrogens is 4. The van der Waals surface area contributed by atoms with Gasteiger partial charge in [-0.3, -0.25) is 0 Å². The molecule has 9 nitrogen and oxygen atoms in total. The van der Waals surface area contributed by atoms with Crippen LogP contribution in [0.2, 0.25) is 0 Å². The van der Waals surface area contributed by atoms with Crippen LogP contribution in [-0.2, 0) is 23.3 Å². The van der Waals surface area contributed by atoms with E-state index in [1.54, 1.807) is 0 Å². The Kier molecular flexibility index (Phi) is 24.5. The molecule has 2 saturated heterocycles. The molecule has 0 spiro atoms. The van der Waals surface area contributed by atoms with Gasteiger partial charge in [-0.1, -0.05) is 290 Å². The number of nitrogens with zero attached hydrogens (tertiary/aromatic N) is 4. The predicted molar refractivity (Wildman–Crippen MR) is 514 cm³/mol. The smallest absolute Gasteiger partial charge is 0.399 e. The van der Waals surface area contributed by atoms with Crippen LogP contribution in [0, 0.1) is 6.92 Å². The fourth-order valence-electron chi connectivity index (χ4n) is 16.5. The van der Waals surface area contributed by atoms with Crippen molar-refractivity contribution in [2.24, 2.45) is 0 Å². The van der Waals surface area contributed by atoms with Crippen LogP contribution in [0.4, 0.5) is 0 Å². The van der Waals surface area contributed by atoms with Crippen molar-refractivity contribution in [3.8, 4) is 67.3 Å². The molecule has 600 valence electrons. The Labute approximate surface area is 738 Å². The zero-order valence-corrected chi connectivity index (χ0v) is 73.3. The number of halogens is 1. The van der Waals surface area contributed by atoms with Gasteiger partial charge >= 0.3 is 33.3 Å². The second-order valence-electron chi connectivity index (χ2n) is 33.5. The summed E-state index contributed by atoms with van der Waals surface area (Å²) >= 11 is 3.62. The SMILES string of the molecule is Brc1ccc2c(c1)c1ccccc1n2-c1cccc(-c2ccccc2)c1.CC(C)OB1OC(C)(C)C(C)(C)O1.CC1(C)OB(c2ccc3c(c2)c2ccccc2n3-c2cccc(-c3ccccc3)c2)OC1(C)C.[CH2-]CCC.[Li+].c1ccc(-c2ccc(-n3c4ccccc4c4ccc5c(c6ccccc6n5-c5cccc(-c6ccccc6)c5)c43)cc2)cc1. The Bertz CT molecular complexity index is 6880. The molecule has 4 aromatic heterocycles. The van der Waals surface area contributed by atoms with E-state index < -0.39 is 7.32 Å². The molecule has 19 aromatic rings. The summed E-state index contributed by atoms with van der Waals surface area (Å²) in [6, 6.07) is 130. The van der Waals surface area contributed by atoms with Gasteiger partial charge in [-0.2, -0.15) is 6.42 Å². The third-order valence-electron chi connectivity index (χ3n) is 24.2. The van der Waals surface area contributed by atoms with Crippen molar-refractivity contribution in [2.45, 2.75) is 118 Å². The van der Waals surface area contributed by atoms with E-state index in [0.717, 1.165) is 33.4 Å². The number of para-hydroxylation sites is 4. The average molecular weight is 1650 g/mol. The number of hydrogen-bond donors (Lipinski definition) is 0. The number of benzene rings is 15. The van der Waals surface area contributed by atoms with Crippen molar-refractivity contribution >= 4 is 123 Å². The Morgan fingerprint density at radius 2 is 0.639 bits per heavy atom. The summed E-state index contributed by atoms with van der Waals surface area (Å²) in [7, 11) is -0.900. The van der Waals surface area contributed by atoms with Crippen LogP contribution in [0.3, 0.4) is 0 Å². The van der Waals surface area contributed by atoms with Gasteiger partial charge in [-0.25, -0.2) is 0 Å². The van der Waals surface area contributed by atoms with Crippen molar-refractivity contribution in [3.05, 3.63) is 375 Å². The van der Waals surface area contributed by atoms with Gasteiger partial charge < -0.3 is 48.5 Å². The monoisotopic (exact) mass is 1650 g/mol. The molecule has 0 aliphatic carbocycles. The van der Waals surface area contributed by atoms with Gasteiger partial charge in [0.05, 0.1) is 66.5 Å². The van der Waals surface area contributed by atoms with E-state index in [2.05, 4.69) is 440 Å². The molecule has 2 fully saturated rings. The molecule has 0 amide bonds. The van der Waals surface area contributed by atoms with Crippen LogP contribution >= 0.6 is 15.9 Å². The van der Waals surface area contributed by atoms with Crippen molar-refractivity contribution in [1.82, 2.24) is 18.3 Å². The van der Waals surface area contributed by atoms with E-state index in [4.69, 9.17) is 23.3 Å². The third-order valence-corrected chi connectivity index (χ3v) is 24.7. The standard InChI is InChI=1S/C42H28N2.C30H28BNO2.C24H16BrN.C9H19BO3.C4H9.Li/c1-3-12-29(13-4-1)31-22-24-33(25-23-31)44-38-20-9-7-18-35(38)36-26-27-40-41(42(36)44)37-19-8-10-21-39(37)43(40)34-17-11-16-32(28-34)30-14-5-2-6-15-30;1-29(2)30(3,4)34-31(33-29)23-17-18-28-26(20-23)25-15-8-9-16-27(25)32(28)24-14-10-13-22(19-24)21-11-6-5-7-12-21;25-19-13-14-24-22(16-19)21-11-4-5-12-23(21)26(24)20-10-6-9-18(15-20)17-7-2-1-3-8-17;1-7(2)11-10-12-8(3,4)9(5,6)13-10;1-3-4-2;/h1-28H;5-20H,1-4H3;1-16H;7H,1-6H3;1,3-4H2,2H3;/q;;;;-1;+1. The van der Waals surface area contributed by atoms with Gasteiger partial charge in [0, 0.05) is 76.4 Å². The van der Waals surface area contributed by atoms with E-state index in [1.807, 2.05) is 41.5 Å². The first-order chi connectivity index (χ1) is 58.7. The Hall–Kier alpha value is -11.5. The molecule has 21 rings (SSSR count). The molecule has 6 heterocycles. The van der Waals surface area contributed by atoms with E-state index in [9.17, 15) is 0 Å².